The van der Waals surface area contributed by atoms with E-state index in [1.165, 1.54) is 41.8 Å². The molecule has 0 radical (unpaired) electrons. The zero-order chi connectivity index (χ0) is 19.7. The van der Waals surface area contributed by atoms with Crippen LogP contribution < -0.4 is 0 Å². The zero-order valence-electron chi connectivity index (χ0n) is 14.4. The number of hydrogen-bond acceptors (Lipinski definition) is 3. The van der Waals surface area contributed by atoms with E-state index in [0.29, 0.717) is 32.7 Å². The fraction of sp³-hybridized carbons (Fsp3) is 0.0455. The molecule has 0 aliphatic heterocycles. The molecule has 0 saturated carbocycles. The van der Waals surface area contributed by atoms with Gasteiger partial charge in [-0.15, -0.1) is 11.3 Å². The average molecular weight is 397 g/mol. The maximum atomic E-state index is 13.8. The van der Waals surface area contributed by atoms with Gasteiger partial charge in [0.05, 0.1) is 0 Å². The Balaban J connectivity index is 1.93. The monoisotopic (exact) mass is 397 g/mol. The quantitative estimate of drug-likeness (QED) is 0.460. The van der Waals surface area contributed by atoms with Crippen molar-refractivity contribution in [2.45, 2.75) is 6.10 Å². The lowest BCUT2D eigenvalue weighted by molar-refractivity contribution is 0.221. The fourth-order valence-electron chi connectivity index (χ4n) is 3.10. The van der Waals surface area contributed by atoms with Crippen LogP contribution in [0.3, 0.4) is 0 Å². The van der Waals surface area contributed by atoms with Crippen molar-refractivity contribution >= 4 is 11.3 Å². The summed E-state index contributed by atoms with van der Waals surface area (Å²) in [6, 6.07) is 12.5. The van der Waals surface area contributed by atoms with Gasteiger partial charge in [-0.2, -0.15) is 0 Å². The number of aliphatic hydroxyl groups excluding tert-OH is 1. The van der Waals surface area contributed by atoms with E-state index in [0.717, 1.165) is 6.07 Å². The van der Waals surface area contributed by atoms with E-state index in [-0.39, 0.29) is 5.82 Å². The van der Waals surface area contributed by atoms with E-state index in [4.69, 9.17) is 0 Å². The summed E-state index contributed by atoms with van der Waals surface area (Å²) < 4.78 is 40.9. The highest BCUT2D eigenvalue weighted by molar-refractivity contribution is 7.14. The van der Waals surface area contributed by atoms with Gasteiger partial charge in [-0.3, -0.25) is 4.98 Å². The summed E-state index contributed by atoms with van der Waals surface area (Å²) >= 11 is 1.26. The smallest absolute Gasteiger partial charge is 0.126 e. The highest BCUT2D eigenvalue weighted by atomic mass is 32.1. The van der Waals surface area contributed by atoms with E-state index in [1.807, 2.05) is 0 Å². The van der Waals surface area contributed by atoms with Crippen molar-refractivity contribution in [1.29, 1.82) is 0 Å². The number of aromatic nitrogens is 1. The minimum absolute atomic E-state index is 0.328. The minimum atomic E-state index is -1.07. The molecule has 0 fully saturated rings. The van der Waals surface area contributed by atoms with Crippen molar-refractivity contribution in [1.82, 2.24) is 4.98 Å². The molecule has 6 heteroatoms. The standard InChI is InChI=1S/C22H14F3NOS/c23-16-5-3-13(4-6-16)19-12-28-22(15-8-17(24)10-18(25)9-15)20(19)21(27)14-2-1-7-26-11-14/h1-12,21,27H. The molecular formula is C22H14F3NOS. The van der Waals surface area contributed by atoms with Crippen molar-refractivity contribution in [2.24, 2.45) is 0 Å². The Hall–Kier alpha value is -2.96. The van der Waals surface area contributed by atoms with Crippen LogP contribution in [0, 0.1) is 17.5 Å². The number of hydrogen-bond donors (Lipinski definition) is 1. The molecule has 0 saturated heterocycles. The predicted octanol–water partition coefficient (Wildman–Crippen LogP) is 5.98. The second-order valence-electron chi connectivity index (χ2n) is 6.25. The van der Waals surface area contributed by atoms with E-state index in [1.54, 1.807) is 35.8 Å². The van der Waals surface area contributed by atoms with Crippen molar-refractivity contribution < 1.29 is 18.3 Å². The average Bonchev–Trinajstić information content (AvgIpc) is 3.13. The minimum Gasteiger partial charge on any atom is -0.384 e. The number of benzene rings is 2. The van der Waals surface area contributed by atoms with Gasteiger partial charge in [-0.25, -0.2) is 13.2 Å². The Morgan fingerprint density at radius 2 is 1.57 bits per heavy atom. The maximum Gasteiger partial charge on any atom is 0.126 e. The van der Waals surface area contributed by atoms with Crippen LogP contribution in [-0.2, 0) is 0 Å². The molecule has 28 heavy (non-hydrogen) atoms. The molecule has 4 rings (SSSR count). The molecule has 0 bridgehead atoms. The van der Waals surface area contributed by atoms with Crippen LogP contribution in [0.2, 0.25) is 0 Å². The van der Waals surface area contributed by atoms with Crippen LogP contribution >= 0.6 is 11.3 Å². The first-order chi connectivity index (χ1) is 13.5. The molecule has 2 aromatic carbocycles. The molecule has 0 aliphatic carbocycles. The number of pyridine rings is 1. The highest BCUT2D eigenvalue weighted by Gasteiger charge is 2.23. The molecule has 0 spiro atoms. The number of nitrogens with zero attached hydrogens (tertiary/aromatic N) is 1. The number of thiophene rings is 1. The summed E-state index contributed by atoms with van der Waals surface area (Å²) in [6.45, 7) is 0. The largest absolute Gasteiger partial charge is 0.384 e. The first-order valence-corrected chi connectivity index (χ1v) is 9.32. The third-order valence-electron chi connectivity index (χ3n) is 4.38. The van der Waals surface area contributed by atoms with E-state index < -0.39 is 17.7 Å². The van der Waals surface area contributed by atoms with E-state index in [9.17, 15) is 18.3 Å². The van der Waals surface area contributed by atoms with Crippen molar-refractivity contribution in [3.05, 3.63) is 101 Å². The number of halogens is 3. The van der Waals surface area contributed by atoms with Crippen LogP contribution in [-0.4, -0.2) is 10.1 Å². The SMILES string of the molecule is OC(c1cccnc1)c1c(-c2ccc(F)cc2)csc1-c1cc(F)cc(F)c1. The van der Waals surface area contributed by atoms with E-state index >= 15 is 0 Å². The molecule has 1 atom stereocenters. The van der Waals surface area contributed by atoms with Gasteiger partial charge < -0.3 is 5.11 Å². The first kappa shape index (κ1) is 18.4. The maximum absolute atomic E-state index is 13.8. The topological polar surface area (TPSA) is 33.1 Å². The first-order valence-electron chi connectivity index (χ1n) is 8.44. The number of aliphatic hydroxyl groups is 1. The lowest BCUT2D eigenvalue weighted by atomic mass is 9.93. The highest BCUT2D eigenvalue weighted by Crippen LogP contribution is 2.43. The van der Waals surface area contributed by atoms with E-state index in [2.05, 4.69) is 4.98 Å². The lowest BCUT2D eigenvalue weighted by Gasteiger charge is -2.15. The van der Waals surface area contributed by atoms with Gasteiger partial charge >= 0.3 is 0 Å². The van der Waals surface area contributed by atoms with Crippen LogP contribution in [0.25, 0.3) is 21.6 Å². The van der Waals surface area contributed by atoms with Gasteiger partial charge in [0.15, 0.2) is 0 Å². The third-order valence-corrected chi connectivity index (χ3v) is 5.43. The summed E-state index contributed by atoms with van der Waals surface area (Å²) in [5, 5.41) is 12.9. The van der Waals surface area contributed by atoms with Gasteiger partial charge in [0.25, 0.3) is 0 Å². The fourth-order valence-corrected chi connectivity index (χ4v) is 4.21. The van der Waals surface area contributed by atoms with Crippen molar-refractivity contribution in [2.75, 3.05) is 0 Å². The van der Waals surface area contributed by atoms with Crippen molar-refractivity contribution in [3.63, 3.8) is 0 Å². The summed E-state index contributed by atoms with van der Waals surface area (Å²) in [6.07, 6.45) is 2.06. The Morgan fingerprint density at radius 1 is 0.857 bits per heavy atom. The molecule has 4 aromatic rings. The molecule has 0 aliphatic rings. The summed E-state index contributed by atoms with van der Waals surface area (Å²) in [5.74, 6) is -1.78. The van der Waals surface area contributed by atoms with Crippen LogP contribution in [0.15, 0.2) is 72.4 Å². The molecule has 140 valence electrons. The Bertz CT molecular complexity index is 1090. The predicted molar refractivity (Wildman–Crippen MR) is 103 cm³/mol. The van der Waals surface area contributed by atoms with Gasteiger partial charge in [-0.05, 0) is 52.4 Å². The molecule has 2 nitrogen and oxygen atoms in total. The summed E-state index contributed by atoms with van der Waals surface area (Å²) in [7, 11) is 0. The molecule has 1 unspecified atom stereocenters. The van der Waals surface area contributed by atoms with Gasteiger partial charge in [0, 0.05) is 34.5 Å². The van der Waals surface area contributed by atoms with Gasteiger partial charge in [0.1, 0.15) is 23.6 Å². The molecular weight excluding hydrogens is 383 g/mol. The third kappa shape index (κ3) is 3.56. The van der Waals surface area contributed by atoms with Crippen LogP contribution in [0.5, 0.6) is 0 Å². The summed E-state index contributed by atoms with van der Waals surface area (Å²) in [5.41, 5.74) is 2.73. The van der Waals surface area contributed by atoms with Crippen LogP contribution in [0.4, 0.5) is 13.2 Å². The molecule has 1 N–H and O–H groups in total. The van der Waals surface area contributed by atoms with Crippen molar-refractivity contribution in [3.8, 4) is 21.6 Å². The second kappa shape index (κ2) is 7.58. The molecule has 2 aromatic heterocycles. The van der Waals surface area contributed by atoms with Gasteiger partial charge in [0.2, 0.25) is 0 Å². The Kier molecular flexibility index (Phi) is 4.98. The summed E-state index contributed by atoms with van der Waals surface area (Å²) in [4.78, 5) is 4.57. The number of rotatable bonds is 4. The normalized spacial score (nSPS) is 12.1. The second-order valence-corrected chi connectivity index (χ2v) is 7.13. The molecule has 0 amide bonds. The van der Waals surface area contributed by atoms with Crippen LogP contribution in [0.1, 0.15) is 17.2 Å². The molecule has 2 heterocycles. The Labute approximate surface area is 163 Å². The zero-order valence-corrected chi connectivity index (χ0v) is 15.3. The van der Waals surface area contributed by atoms with Gasteiger partial charge in [-0.1, -0.05) is 18.2 Å². The lowest BCUT2D eigenvalue weighted by Crippen LogP contribution is -2.02. The Morgan fingerprint density at radius 3 is 2.21 bits per heavy atom.